The average Bonchev–Trinajstić information content (AvgIpc) is 3.77. The molecule has 0 saturated heterocycles. The molecule has 0 amide bonds. The summed E-state index contributed by atoms with van der Waals surface area (Å²) in [6.45, 7) is 4.83. The lowest BCUT2D eigenvalue weighted by atomic mass is 9.79. The van der Waals surface area contributed by atoms with Crippen molar-refractivity contribution in [1.29, 1.82) is 0 Å². The Balaban J connectivity index is 1.05. The fraction of sp³-hybridized carbons (Fsp3) is 0.0588. The van der Waals surface area contributed by atoms with Crippen LogP contribution in [0.4, 0.5) is 0 Å². The summed E-state index contributed by atoms with van der Waals surface area (Å²) >= 11 is 0. The van der Waals surface area contributed by atoms with Crippen LogP contribution in [0.1, 0.15) is 25.0 Å². The Morgan fingerprint density at radius 1 is 0.294 bits per heavy atom. The van der Waals surface area contributed by atoms with E-state index in [1.54, 1.807) is 0 Å². The molecule has 0 aliphatic heterocycles. The summed E-state index contributed by atoms with van der Waals surface area (Å²) in [7, 11) is 0. The maximum absolute atomic E-state index is 2.51. The molecule has 0 unspecified atom stereocenters. The summed E-state index contributed by atoms with van der Waals surface area (Å²) in [5.74, 6) is 0. The molecule has 0 atom stereocenters. The van der Waals surface area contributed by atoms with Gasteiger partial charge in [0.1, 0.15) is 0 Å². The van der Waals surface area contributed by atoms with Crippen molar-refractivity contribution in [2.24, 2.45) is 0 Å². The lowest BCUT2D eigenvalue weighted by Gasteiger charge is -2.23. The zero-order valence-corrected chi connectivity index (χ0v) is 28.5. The maximum atomic E-state index is 2.51. The van der Waals surface area contributed by atoms with E-state index in [0.29, 0.717) is 0 Å². The SMILES string of the molecule is CC1(C)c2cc(-c3ccc4c5c(cccc35)-c3ccccc3-4)ccc2-c2ccc(-c3c4c5c(cccc5c5ccccc35)-c3ccccc3-4)cc21. The summed E-state index contributed by atoms with van der Waals surface area (Å²) in [5, 5.41) is 8.07. The van der Waals surface area contributed by atoms with Crippen LogP contribution in [0, 0.1) is 0 Å². The zero-order valence-electron chi connectivity index (χ0n) is 28.5. The highest BCUT2D eigenvalue weighted by Gasteiger charge is 2.37. The van der Waals surface area contributed by atoms with Crippen LogP contribution >= 0.6 is 0 Å². The lowest BCUT2D eigenvalue weighted by molar-refractivity contribution is 0.661. The third kappa shape index (κ3) is 3.40. The minimum atomic E-state index is -0.155. The molecule has 0 nitrogen and oxygen atoms in total. The molecule has 3 aliphatic carbocycles. The van der Waals surface area contributed by atoms with E-state index in [-0.39, 0.29) is 5.41 Å². The molecule has 0 heterocycles. The summed E-state index contributed by atoms with van der Waals surface area (Å²) < 4.78 is 0. The molecule has 12 rings (SSSR count). The highest BCUT2D eigenvalue weighted by molar-refractivity contribution is 6.29. The first-order valence-electron chi connectivity index (χ1n) is 18.1. The van der Waals surface area contributed by atoms with Crippen LogP contribution in [0.5, 0.6) is 0 Å². The van der Waals surface area contributed by atoms with Gasteiger partial charge in [-0.2, -0.15) is 0 Å². The van der Waals surface area contributed by atoms with Gasteiger partial charge in [0.2, 0.25) is 0 Å². The molecule has 0 heteroatoms. The third-order valence-corrected chi connectivity index (χ3v) is 12.4. The molecule has 0 radical (unpaired) electrons. The smallest absolute Gasteiger partial charge is 0.0159 e. The van der Waals surface area contributed by atoms with Crippen LogP contribution in [0.2, 0.25) is 0 Å². The molecular weight excluding hydrogens is 613 g/mol. The Kier molecular flexibility index (Phi) is 5.14. The molecule has 0 saturated carbocycles. The van der Waals surface area contributed by atoms with Gasteiger partial charge in [-0.15, -0.1) is 0 Å². The van der Waals surface area contributed by atoms with E-state index in [1.807, 2.05) is 0 Å². The minimum Gasteiger partial charge on any atom is -0.0616 e. The number of benzene rings is 9. The third-order valence-electron chi connectivity index (χ3n) is 12.4. The Hall–Kier alpha value is -6.24. The van der Waals surface area contributed by atoms with Crippen molar-refractivity contribution in [2.75, 3.05) is 0 Å². The van der Waals surface area contributed by atoms with E-state index in [0.717, 1.165) is 0 Å². The van der Waals surface area contributed by atoms with Gasteiger partial charge in [0.05, 0.1) is 0 Å². The van der Waals surface area contributed by atoms with Crippen molar-refractivity contribution in [3.05, 3.63) is 169 Å². The summed E-state index contributed by atoms with van der Waals surface area (Å²) in [6.07, 6.45) is 0. The summed E-state index contributed by atoms with van der Waals surface area (Å²) in [6, 6.07) is 59.7. The Morgan fingerprint density at radius 3 is 1.49 bits per heavy atom. The standard InChI is InChI=1S/C51H32/c1-51(2)45-27-29(31-25-26-44-33-12-4-3-11-32(33)40-18-9-17-38(31)48(40)44)21-23-36(45)37-24-22-30(28-46(37)51)47-39-15-7-5-13-34(39)41-19-10-20-42-35-14-6-8-16-43(35)50(47)49(41)42/h3-28H,1-2H3. The second-order valence-corrected chi connectivity index (χ2v) is 15.1. The fourth-order valence-electron chi connectivity index (χ4n) is 10.1. The first kappa shape index (κ1) is 27.6. The zero-order chi connectivity index (χ0) is 33.6. The Morgan fingerprint density at radius 2 is 0.765 bits per heavy atom. The van der Waals surface area contributed by atoms with Gasteiger partial charge in [-0.25, -0.2) is 0 Å². The second kappa shape index (κ2) is 9.50. The van der Waals surface area contributed by atoms with Gasteiger partial charge in [-0.3, -0.25) is 0 Å². The first-order chi connectivity index (χ1) is 25.1. The highest BCUT2D eigenvalue weighted by Crippen LogP contribution is 2.57. The van der Waals surface area contributed by atoms with Gasteiger partial charge in [0.25, 0.3) is 0 Å². The monoisotopic (exact) mass is 644 g/mol. The van der Waals surface area contributed by atoms with Crippen LogP contribution in [-0.2, 0) is 5.41 Å². The average molecular weight is 645 g/mol. The lowest BCUT2D eigenvalue weighted by Crippen LogP contribution is -2.15. The summed E-state index contributed by atoms with van der Waals surface area (Å²) in [5.41, 5.74) is 21.4. The van der Waals surface area contributed by atoms with E-state index in [1.165, 1.54) is 121 Å². The van der Waals surface area contributed by atoms with Crippen LogP contribution in [0.15, 0.2) is 158 Å². The predicted octanol–water partition coefficient (Wildman–Crippen LogP) is 14.1. The van der Waals surface area contributed by atoms with Crippen molar-refractivity contribution in [1.82, 2.24) is 0 Å². The van der Waals surface area contributed by atoms with Crippen LogP contribution in [0.25, 0.3) is 110 Å². The van der Waals surface area contributed by atoms with Crippen molar-refractivity contribution in [3.63, 3.8) is 0 Å². The number of hydrogen-bond acceptors (Lipinski definition) is 0. The highest BCUT2D eigenvalue weighted by atomic mass is 14.4. The molecule has 0 aromatic heterocycles. The van der Waals surface area contributed by atoms with Crippen LogP contribution < -0.4 is 0 Å². The van der Waals surface area contributed by atoms with E-state index in [9.17, 15) is 0 Å². The van der Waals surface area contributed by atoms with E-state index < -0.39 is 0 Å². The molecular formula is C51H32. The van der Waals surface area contributed by atoms with E-state index in [4.69, 9.17) is 0 Å². The van der Waals surface area contributed by atoms with E-state index >= 15 is 0 Å². The topological polar surface area (TPSA) is 0 Å². The first-order valence-corrected chi connectivity index (χ1v) is 18.1. The molecule has 0 N–H and O–H groups in total. The van der Waals surface area contributed by atoms with Crippen molar-refractivity contribution in [2.45, 2.75) is 19.3 Å². The minimum absolute atomic E-state index is 0.155. The Labute approximate surface area is 297 Å². The normalized spacial score (nSPS) is 13.8. The van der Waals surface area contributed by atoms with Crippen LogP contribution in [0.3, 0.4) is 0 Å². The maximum Gasteiger partial charge on any atom is 0.0159 e. The second-order valence-electron chi connectivity index (χ2n) is 15.1. The predicted molar refractivity (Wildman–Crippen MR) is 216 cm³/mol. The number of fused-ring (bicyclic) bond motifs is 11. The molecule has 0 bridgehead atoms. The van der Waals surface area contributed by atoms with Crippen molar-refractivity contribution < 1.29 is 0 Å². The Bertz CT molecular complexity index is 3010. The molecule has 3 aliphatic rings. The van der Waals surface area contributed by atoms with Gasteiger partial charge in [-0.1, -0.05) is 159 Å². The molecule has 51 heavy (non-hydrogen) atoms. The van der Waals surface area contributed by atoms with Crippen molar-refractivity contribution >= 4 is 32.3 Å². The quantitative estimate of drug-likeness (QED) is 0.164. The number of rotatable bonds is 2. The van der Waals surface area contributed by atoms with Gasteiger partial charge >= 0.3 is 0 Å². The van der Waals surface area contributed by atoms with Gasteiger partial charge < -0.3 is 0 Å². The largest absolute Gasteiger partial charge is 0.0616 e. The molecule has 9 aromatic carbocycles. The molecule has 0 fully saturated rings. The molecule has 236 valence electrons. The molecule has 9 aromatic rings. The molecule has 0 spiro atoms. The van der Waals surface area contributed by atoms with E-state index in [2.05, 4.69) is 172 Å². The van der Waals surface area contributed by atoms with Gasteiger partial charge in [0, 0.05) is 5.41 Å². The van der Waals surface area contributed by atoms with Gasteiger partial charge in [-0.05, 0) is 133 Å². The number of hydrogen-bond donors (Lipinski definition) is 0. The van der Waals surface area contributed by atoms with Gasteiger partial charge in [0.15, 0.2) is 0 Å². The van der Waals surface area contributed by atoms with Crippen LogP contribution in [-0.4, -0.2) is 0 Å². The fourth-order valence-corrected chi connectivity index (χ4v) is 10.1. The summed E-state index contributed by atoms with van der Waals surface area (Å²) in [4.78, 5) is 0. The van der Waals surface area contributed by atoms with Crippen molar-refractivity contribution in [3.8, 4) is 77.9 Å².